The topological polar surface area (TPSA) is 88.6 Å². The van der Waals surface area contributed by atoms with E-state index >= 15 is 0 Å². The van der Waals surface area contributed by atoms with E-state index in [4.69, 9.17) is 5.53 Å². The Kier molecular flexibility index (Phi) is 2.32. The standard InChI is InChI=1S/C6H5N3O3/c7-8-12-6-4-2-1-3-5(6)9(10)11/h1-4,7H. The van der Waals surface area contributed by atoms with Crippen LogP contribution in [0.2, 0.25) is 0 Å². The van der Waals surface area contributed by atoms with Crippen LogP contribution in [0.15, 0.2) is 29.5 Å². The lowest BCUT2D eigenvalue weighted by Gasteiger charge is -1.96. The number of nitro groups is 1. The Labute approximate surface area is 67.4 Å². The molecule has 0 saturated carbocycles. The maximum Gasteiger partial charge on any atom is 0.314 e. The average molecular weight is 167 g/mol. The summed E-state index contributed by atoms with van der Waals surface area (Å²) in [6, 6.07) is 5.72. The van der Waals surface area contributed by atoms with Gasteiger partial charge in [-0.25, -0.2) is 0 Å². The molecule has 0 atom stereocenters. The minimum absolute atomic E-state index is 0.0301. The first-order valence-corrected chi connectivity index (χ1v) is 3.03. The van der Waals surface area contributed by atoms with Gasteiger partial charge in [0.25, 0.3) is 0 Å². The molecule has 12 heavy (non-hydrogen) atoms. The highest BCUT2D eigenvalue weighted by molar-refractivity contribution is 5.45. The van der Waals surface area contributed by atoms with Gasteiger partial charge in [0.2, 0.25) is 5.75 Å². The minimum Gasteiger partial charge on any atom is -0.332 e. The zero-order chi connectivity index (χ0) is 8.97. The Hall–Kier alpha value is -1.98. The Morgan fingerprint density at radius 1 is 1.50 bits per heavy atom. The lowest BCUT2D eigenvalue weighted by molar-refractivity contribution is -0.385. The molecule has 0 unspecified atom stereocenters. The molecule has 0 aliphatic carbocycles. The summed E-state index contributed by atoms with van der Waals surface area (Å²) in [4.78, 5) is 14.1. The summed E-state index contributed by atoms with van der Waals surface area (Å²) in [5.74, 6) is -0.0301. The van der Waals surface area contributed by atoms with E-state index in [2.05, 4.69) is 10.1 Å². The fourth-order valence-corrected chi connectivity index (χ4v) is 0.734. The molecular weight excluding hydrogens is 162 g/mol. The summed E-state index contributed by atoms with van der Waals surface area (Å²) in [6.45, 7) is 0. The molecule has 1 rings (SSSR count). The number of nitrogens with one attached hydrogen (secondary N) is 1. The number of hydrogen-bond acceptors (Lipinski definition) is 5. The molecule has 0 amide bonds. The Bertz CT molecular complexity index is 313. The predicted octanol–water partition coefficient (Wildman–Crippen LogP) is 1.92. The number of nitrogens with zero attached hydrogens (tertiary/aromatic N) is 2. The summed E-state index contributed by atoms with van der Waals surface area (Å²) in [7, 11) is 0. The highest BCUT2D eigenvalue weighted by atomic mass is 16.7. The largest absolute Gasteiger partial charge is 0.332 e. The summed E-state index contributed by atoms with van der Waals surface area (Å²) in [5.41, 5.74) is 6.16. The van der Waals surface area contributed by atoms with Gasteiger partial charge in [0.1, 0.15) is 0 Å². The normalized spacial score (nSPS) is 9.00. The molecule has 0 aliphatic heterocycles. The van der Waals surface area contributed by atoms with Crippen molar-refractivity contribution in [2.45, 2.75) is 0 Å². The summed E-state index contributed by atoms with van der Waals surface area (Å²) in [5, 5.41) is 12.9. The molecule has 1 N–H and O–H groups in total. The van der Waals surface area contributed by atoms with Gasteiger partial charge >= 0.3 is 5.69 Å². The lowest BCUT2D eigenvalue weighted by Crippen LogP contribution is -1.91. The third kappa shape index (κ3) is 1.54. The molecule has 0 aromatic heterocycles. The van der Waals surface area contributed by atoms with Crippen LogP contribution in [0.4, 0.5) is 5.69 Å². The highest BCUT2D eigenvalue weighted by Crippen LogP contribution is 2.25. The second kappa shape index (κ2) is 3.42. The fraction of sp³-hybridized carbons (Fsp3) is 0. The molecule has 0 radical (unpaired) electrons. The third-order valence-electron chi connectivity index (χ3n) is 1.21. The maximum atomic E-state index is 10.3. The SMILES string of the molecule is N=NOc1ccccc1[N+](=O)[O-]. The van der Waals surface area contributed by atoms with Gasteiger partial charge in [0, 0.05) is 11.3 Å². The molecule has 0 aliphatic rings. The predicted molar refractivity (Wildman–Crippen MR) is 38.9 cm³/mol. The molecule has 62 valence electrons. The fourth-order valence-electron chi connectivity index (χ4n) is 0.734. The number of benzene rings is 1. The molecule has 0 bridgehead atoms. The molecule has 0 heterocycles. The van der Waals surface area contributed by atoms with Crippen molar-refractivity contribution in [2.24, 2.45) is 5.28 Å². The minimum atomic E-state index is -0.597. The summed E-state index contributed by atoms with van der Waals surface area (Å²) in [6.07, 6.45) is 0. The number of rotatable bonds is 3. The third-order valence-corrected chi connectivity index (χ3v) is 1.21. The molecule has 0 saturated heterocycles. The van der Waals surface area contributed by atoms with E-state index in [0.29, 0.717) is 0 Å². The van der Waals surface area contributed by atoms with Crippen molar-refractivity contribution in [2.75, 3.05) is 0 Å². The van der Waals surface area contributed by atoms with E-state index in [1.165, 1.54) is 18.2 Å². The van der Waals surface area contributed by atoms with E-state index < -0.39 is 4.92 Å². The molecule has 6 heteroatoms. The molecule has 1 aromatic carbocycles. The molecular formula is C6H5N3O3. The van der Waals surface area contributed by atoms with Crippen LogP contribution in [0, 0.1) is 15.6 Å². The highest BCUT2D eigenvalue weighted by Gasteiger charge is 2.13. The number of para-hydroxylation sites is 2. The van der Waals surface area contributed by atoms with Gasteiger partial charge in [-0.2, -0.15) is 5.53 Å². The van der Waals surface area contributed by atoms with Crippen molar-refractivity contribution in [3.63, 3.8) is 0 Å². The van der Waals surface area contributed by atoms with Crippen molar-refractivity contribution >= 4 is 5.69 Å². The number of nitro benzene ring substituents is 1. The molecule has 0 fully saturated rings. The van der Waals surface area contributed by atoms with Gasteiger partial charge in [0.05, 0.1) is 4.92 Å². The Morgan fingerprint density at radius 3 is 2.75 bits per heavy atom. The van der Waals surface area contributed by atoms with Crippen molar-refractivity contribution in [3.8, 4) is 5.75 Å². The molecule has 6 nitrogen and oxygen atoms in total. The van der Waals surface area contributed by atoms with Crippen molar-refractivity contribution in [3.05, 3.63) is 34.4 Å². The second-order valence-corrected chi connectivity index (χ2v) is 1.91. The molecule has 1 aromatic rings. The van der Waals surface area contributed by atoms with Gasteiger partial charge in [-0.3, -0.25) is 10.1 Å². The van der Waals surface area contributed by atoms with Gasteiger partial charge in [-0.1, -0.05) is 12.1 Å². The van der Waals surface area contributed by atoms with E-state index in [-0.39, 0.29) is 11.4 Å². The van der Waals surface area contributed by atoms with Crippen LogP contribution in [-0.4, -0.2) is 4.92 Å². The summed E-state index contributed by atoms with van der Waals surface area (Å²) < 4.78 is 0. The van der Waals surface area contributed by atoms with E-state index in [1.54, 1.807) is 6.07 Å². The monoisotopic (exact) mass is 167 g/mol. The van der Waals surface area contributed by atoms with Gasteiger partial charge < -0.3 is 4.84 Å². The smallest absolute Gasteiger partial charge is 0.314 e. The van der Waals surface area contributed by atoms with Crippen LogP contribution in [0.25, 0.3) is 0 Å². The Morgan fingerprint density at radius 2 is 2.17 bits per heavy atom. The summed E-state index contributed by atoms with van der Waals surface area (Å²) >= 11 is 0. The van der Waals surface area contributed by atoms with Gasteiger partial charge in [-0.05, 0) is 6.07 Å². The van der Waals surface area contributed by atoms with E-state index in [1.807, 2.05) is 0 Å². The van der Waals surface area contributed by atoms with Crippen molar-refractivity contribution < 1.29 is 9.76 Å². The van der Waals surface area contributed by atoms with Crippen molar-refractivity contribution in [1.29, 1.82) is 5.53 Å². The van der Waals surface area contributed by atoms with Crippen LogP contribution in [-0.2, 0) is 0 Å². The maximum absolute atomic E-state index is 10.3. The van der Waals surface area contributed by atoms with E-state index in [9.17, 15) is 10.1 Å². The van der Waals surface area contributed by atoms with Crippen molar-refractivity contribution in [1.82, 2.24) is 0 Å². The zero-order valence-electron chi connectivity index (χ0n) is 5.93. The Balaban J connectivity index is 3.07. The van der Waals surface area contributed by atoms with E-state index in [0.717, 1.165) is 0 Å². The van der Waals surface area contributed by atoms with Crippen LogP contribution >= 0.6 is 0 Å². The molecule has 0 spiro atoms. The lowest BCUT2D eigenvalue weighted by atomic mass is 10.3. The van der Waals surface area contributed by atoms with Crippen LogP contribution < -0.4 is 4.84 Å². The van der Waals surface area contributed by atoms with Gasteiger partial charge in [0.15, 0.2) is 0 Å². The first-order valence-electron chi connectivity index (χ1n) is 3.03. The quantitative estimate of drug-likeness (QED) is 0.423. The van der Waals surface area contributed by atoms with Crippen LogP contribution in [0.5, 0.6) is 5.75 Å². The van der Waals surface area contributed by atoms with Gasteiger partial charge in [-0.15, -0.1) is 0 Å². The first kappa shape index (κ1) is 8.12. The average Bonchev–Trinajstić information content (AvgIpc) is 2.05. The first-order chi connectivity index (χ1) is 5.75. The van der Waals surface area contributed by atoms with Crippen LogP contribution in [0.3, 0.4) is 0 Å². The second-order valence-electron chi connectivity index (χ2n) is 1.91. The van der Waals surface area contributed by atoms with Crippen LogP contribution in [0.1, 0.15) is 0 Å². The zero-order valence-corrected chi connectivity index (χ0v) is 5.93. The number of hydrogen-bond donors (Lipinski definition) is 1.